The summed E-state index contributed by atoms with van der Waals surface area (Å²) in [5.74, 6) is -0.131. The monoisotopic (exact) mass is 286 g/mol. The van der Waals surface area contributed by atoms with Gasteiger partial charge in [-0.25, -0.2) is 0 Å². The van der Waals surface area contributed by atoms with Crippen LogP contribution in [0.1, 0.15) is 90.4 Å². The van der Waals surface area contributed by atoms with E-state index in [1.165, 1.54) is 45.6 Å². The van der Waals surface area contributed by atoms with Crippen LogP contribution in [0.3, 0.4) is 0 Å². The smallest absolute Gasteiger partial charge is 0.305 e. The highest BCUT2D eigenvalue weighted by atomic mass is 16.5. The Balaban J connectivity index is 3.20. The average Bonchev–Trinajstić information content (AvgIpc) is 2.45. The van der Waals surface area contributed by atoms with E-state index >= 15 is 0 Å². The third kappa shape index (κ3) is 13.9. The third-order valence-corrected chi connectivity index (χ3v) is 3.79. The van der Waals surface area contributed by atoms with E-state index < -0.39 is 0 Å². The van der Waals surface area contributed by atoms with Gasteiger partial charge in [-0.3, -0.25) is 4.79 Å². The molecular weight excluding hydrogens is 252 g/mol. The van der Waals surface area contributed by atoms with Crippen molar-refractivity contribution in [2.75, 3.05) is 7.11 Å². The predicted molar refractivity (Wildman–Crippen MR) is 83.7 cm³/mol. The summed E-state index contributed by atoms with van der Waals surface area (Å²) >= 11 is 0. The van der Waals surface area contributed by atoms with Gasteiger partial charge in [0.05, 0.1) is 13.2 Å². The van der Waals surface area contributed by atoms with Gasteiger partial charge in [-0.2, -0.15) is 0 Å². The zero-order chi connectivity index (χ0) is 15.1. The molecule has 1 N–H and O–H groups in total. The summed E-state index contributed by atoms with van der Waals surface area (Å²) in [4.78, 5) is 10.9. The van der Waals surface area contributed by atoms with E-state index in [4.69, 9.17) is 0 Å². The fourth-order valence-corrected chi connectivity index (χ4v) is 2.41. The largest absolute Gasteiger partial charge is 0.469 e. The highest BCUT2D eigenvalue weighted by molar-refractivity contribution is 5.68. The fourth-order valence-electron chi connectivity index (χ4n) is 2.41. The molecular formula is C17H34O3. The number of hydrogen-bond acceptors (Lipinski definition) is 3. The second-order valence-corrected chi connectivity index (χ2v) is 5.74. The molecule has 1 atom stereocenters. The molecule has 0 bridgehead atoms. The molecule has 0 rings (SSSR count). The summed E-state index contributed by atoms with van der Waals surface area (Å²) in [6, 6.07) is 0. The van der Waals surface area contributed by atoms with Crippen LogP contribution >= 0.6 is 0 Å². The third-order valence-electron chi connectivity index (χ3n) is 3.79. The molecule has 0 saturated carbocycles. The number of hydrogen-bond donors (Lipinski definition) is 1. The van der Waals surface area contributed by atoms with Gasteiger partial charge in [-0.05, 0) is 19.3 Å². The number of carbonyl (C=O) groups is 1. The maximum Gasteiger partial charge on any atom is 0.305 e. The van der Waals surface area contributed by atoms with Crippen molar-refractivity contribution in [1.29, 1.82) is 0 Å². The second-order valence-electron chi connectivity index (χ2n) is 5.74. The SMILES string of the molecule is CCCCCCCCC[C@@H](O)CCCCCC(=O)OC. The quantitative estimate of drug-likeness (QED) is 0.374. The van der Waals surface area contributed by atoms with Crippen LogP contribution in [0.15, 0.2) is 0 Å². The van der Waals surface area contributed by atoms with Gasteiger partial charge >= 0.3 is 5.97 Å². The van der Waals surface area contributed by atoms with E-state index in [2.05, 4.69) is 11.7 Å². The fraction of sp³-hybridized carbons (Fsp3) is 0.941. The molecule has 0 radical (unpaired) electrons. The van der Waals surface area contributed by atoms with E-state index in [9.17, 15) is 9.90 Å². The van der Waals surface area contributed by atoms with Crippen LogP contribution in [0.2, 0.25) is 0 Å². The summed E-state index contributed by atoms with van der Waals surface area (Å²) < 4.78 is 4.59. The summed E-state index contributed by atoms with van der Waals surface area (Å²) in [5.41, 5.74) is 0. The Hall–Kier alpha value is -0.570. The number of unbranched alkanes of at least 4 members (excludes halogenated alkanes) is 8. The van der Waals surface area contributed by atoms with E-state index in [1.807, 2.05) is 0 Å². The lowest BCUT2D eigenvalue weighted by atomic mass is 10.0. The van der Waals surface area contributed by atoms with Crippen molar-refractivity contribution in [3.05, 3.63) is 0 Å². The molecule has 0 unspecified atom stereocenters. The molecule has 0 spiro atoms. The van der Waals surface area contributed by atoms with Crippen LogP contribution in [-0.2, 0) is 9.53 Å². The van der Waals surface area contributed by atoms with E-state index in [-0.39, 0.29) is 12.1 Å². The Bertz CT molecular complexity index is 216. The second kappa shape index (κ2) is 14.8. The Morgan fingerprint density at radius 3 is 1.95 bits per heavy atom. The first kappa shape index (κ1) is 19.4. The van der Waals surface area contributed by atoms with Crippen LogP contribution in [-0.4, -0.2) is 24.3 Å². The summed E-state index contributed by atoms with van der Waals surface area (Å²) in [6.45, 7) is 2.24. The minimum Gasteiger partial charge on any atom is -0.469 e. The van der Waals surface area contributed by atoms with E-state index in [0.717, 1.165) is 38.5 Å². The average molecular weight is 286 g/mol. The zero-order valence-corrected chi connectivity index (χ0v) is 13.5. The number of rotatable bonds is 14. The number of carbonyl (C=O) groups excluding carboxylic acids is 1. The zero-order valence-electron chi connectivity index (χ0n) is 13.5. The predicted octanol–water partition coefficient (Wildman–Crippen LogP) is 4.61. The molecule has 0 aromatic rings. The highest BCUT2D eigenvalue weighted by Gasteiger charge is 2.04. The number of aliphatic hydroxyl groups is 1. The molecule has 0 amide bonds. The Kier molecular flexibility index (Phi) is 14.4. The lowest BCUT2D eigenvalue weighted by molar-refractivity contribution is -0.140. The number of ether oxygens (including phenoxy) is 1. The normalized spacial score (nSPS) is 12.3. The summed E-state index contributed by atoms with van der Waals surface area (Å²) in [5, 5.41) is 9.85. The summed E-state index contributed by atoms with van der Waals surface area (Å²) in [7, 11) is 1.42. The number of methoxy groups -OCH3 is 1. The Morgan fingerprint density at radius 1 is 0.900 bits per heavy atom. The van der Waals surface area contributed by atoms with Gasteiger partial charge in [0.25, 0.3) is 0 Å². The molecule has 3 nitrogen and oxygen atoms in total. The van der Waals surface area contributed by atoms with Crippen molar-refractivity contribution in [1.82, 2.24) is 0 Å². The van der Waals surface area contributed by atoms with Crippen molar-refractivity contribution >= 4 is 5.97 Å². The van der Waals surface area contributed by atoms with Crippen molar-refractivity contribution in [3.63, 3.8) is 0 Å². The maximum atomic E-state index is 10.9. The van der Waals surface area contributed by atoms with Crippen LogP contribution in [0.25, 0.3) is 0 Å². The first-order valence-corrected chi connectivity index (χ1v) is 8.45. The topological polar surface area (TPSA) is 46.5 Å². The molecule has 120 valence electrons. The molecule has 0 fully saturated rings. The van der Waals surface area contributed by atoms with E-state index in [1.54, 1.807) is 0 Å². The molecule has 0 aromatic carbocycles. The lowest BCUT2D eigenvalue weighted by Gasteiger charge is -2.10. The number of esters is 1. The van der Waals surface area contributed by atoms with Crippen molar-refractivity contribution in [2.24, 2.45) is 0 Å². The molecule has 3 heteroatoms. The molecule has 0 aromatic heterocycles. The highest BCUT2D eigenvalue weighted by Crippen LogP contribution is 2.13. The summed E-state index contributed by atoms with van der Waals surface area (Å²) in [6.07, 6.45) is 14.1. The van der Waals surface area contributed by atoms with Gasteiger partial charge in [-0.15, -0.1) is 0 Å². The van der Waals surface area contributed by atoms with Gasteiger partial charge in [0, 0.05) is 6.42 Å². The van der Waals surface area contributed by atoms with Gasteiger partial charge in [0.2, 0.25) is 0 Å². The van der Waals surface area contributed by atoms with Crippen LogP contribution in [0.4, 0.5) is 0 Å². The van der Waals surface area contributed by atoms with Crippen molar-refractivity contribution in [3.8, 4) is 0 Å². The minimum absolute atomic E-state index is 0.131. The molecule has 20 heavy (non-hydrogen) atoms. The number of aliphatic hydroxyl groups excluding tert-OH is 1. The molecule has 0 saturated heterocycles. The Labute approximate surface area is 125 Å². The first-order valence-electron chi connectivity index (χ1n) is 8.45. The molecule has 0 aliphatic rings. The van der Waals surface area contributed by atoms with E-state index in [0.29, 0.717) is 6.42 Å². The van der Waals surface area contributed by atoms with Gasteiger partial charge in [0.1, 0.15) is 0 Å². The van der Waals surface area contributed by atoms with Crippen LogP contribution in [0.5, 0.6) is 0 Å². The minimum atomic E-state index is -0.149. The standard InChI is InChI=1S/C17H34O3/c1-3-4-5-6-7-8-10-13-16(18)14-11-9-12-15-17(19)20-2/h16,18H,3-15H2,1-2H3/t16-/m1/s1. The Morgan fingerprint density at radius 2 is 1.40 bits per heavy atom. The van der Waals surface area contributed by atoms with Crippen molar-refractivity contribution < 1.29 is 14.6 Å². The first-order chi connectivity index (χ1) is 9.70. The molecule has 0 aliphatic heterocycles. The lowest BCUT2D eigenvalue weighted by Crippen LogP contribution is -2.06. The van der Waals surface area contributed by atoms with Gasteiger partial charge < -0.3 is 9.84 Å². The molecule has 0 heterocycles. The van der Waals surface area contributed by atoms with Crippen molar-refractivity contribution in [2.45, 2.75) is 96.5 Å². The van der Waals surface area contributed by atoms with Gasteiger partial charge in [0.15, 0.2) is 0 Å². The van der Waals surface area contributed by atoms with Crippen LogP contribution < -0.4 is 0 Å². The molecule has 0 aliphatic carbocycles. The van der Waals surface area contributed by atoms with Crippen LogP contribution in [0, 0.1) is 0 Å². The van der Waals surface area contributed by atoms with Gasteiger partial charge in [-0.1, -0.05) is 64.7 Å². The maximum absolute atomic E-state index is 10.9.